The zero-order valence-electron chi connectivity index (χ0n) is 14.6. The first kappa shape index (κ1) is 18.8. The van der Waals surface area contributed by atoms with E-state index in [1.807, 2.05) is 23.6 Å². The molecule has 3 rings (SSSR count). The molecule has 0 unspecified atom stereocenters. The Labute approximate surface area is 163 Å². The van der Waals surface area contributed by atoms with Crippen molar-refractivity contribution in [2.75, 3.05) is 13.1 Å². The SMILES string of the molecule is O=C(/C=C/c1cccs1)NC(=S)NC1CCN(Cc2ccccc2)CC1. The second-order valence-corrected chi connectivity index (χ2v) is 7.74. The van der Waals surface area contributed by atoms with Crippen LogP contribution < -0.4 is 10.6 Å². The highest BCUT2D eigenvalue weighted by Crippen LogP contribution is 2.14. The third-order valence-corrected chi connectivity index (χ3v) is 5.41. The molecule has 4 nitrogen and oxygen atoms in total. The molecule has 2 aromatic rings. The van der Waals surface area contributed by atoms with E-state index in [0.29, 0.717) is 11.2 Å². The molecule has 0 saturated carbocycles. The standard InChI is InChI=1S/C20H23N3OS2/c24-19(9-8-18-7-4-14-26-18)22-20(25)21-17-10-12-23(13-11-17)15-16-5-2-1-3-6-16/h1-9,14,17H,10-13,15H2,(H2,21,22,24,25)/b9-8+. The second-order valence-electron chi connectivity index (χ2n) is 6.35. The molecule has 0 atom stereocenters. The third kappa shape index (κ3) is 6.05. The first-order chi connectivity index (χ1) is 12.7. The van der Waals surface area contributed by atoms with E-state index in [0.717, 1.165) is 37.4 Å². The van der Waals surface area contributed by atoms with Gasteiger partial charge in [0.05, 0.1) is 0 Å². The zero-order chi connectivity index (χ0) is 18.2. The fourth-order valence-electron chi connectivity index (χ4n) is 3.00. The van der Waals surface area contributed by atoms with Crippen LogP contribution in [-0.2, 0) is 11.3 Å². The van der Waals surface area contributed by atoms with Crippen LogP contribution in [0.3, 0.4) is 0 Å². The normalized spacial score (nSPS) is 15.8. The van der Waals surface area contributed by atoms with Crippen molar-refractivity contribution in [1.82, 2.24) is 15.5 Å². The molecule has 136 valence electrons. The van der Waals surface area contributed by atoms with E-state index in [-0.39, 0.29) is 5.91 Å². The van der Waals surface area contributed by atoms with Crippen LogP contribution in [0.25, 0.3) is 6.08 Å². The van der Waals surface area contributed by atoms with Gasteiger partial charge < -0.3 is 5.32 Å². The summed E-state index contributed by atoms with van der Waals surface area (Å²) < 4.78 is 0. The van der Waals surface area contributed by atoms with Crippen molar-refractivity contribution in [3.8, 4) is 0 Å². The van der Waals surface area contributed by atoms with Gasteiger partial charge in [-0.05, 0) is 48.1 Å². The van der Waals surface area contributed by atoms with Crippen LogP contribution in [0.15, 0.2) is 53.9 Å². The molecular formula is C20H23N3OS2. The van der Waals surface area contributed by atoms with Crippen LogP contribution in [0.4, 0.5) is 0 Å². The van der Waals surface area contributed by atoms with Gasteiger partial charge in [0.25, 0.3) is 0 Å². The van der Waals surface area contributed by atoms with Gasteiger partial charge in [-0.1, -0.05) is 36.4 Å². The van der Waals surface area contributed by atoms with E-state index in [1.165, 1.54) is 11.6 Å². The quantitative estimate of drug-likeness (QED) is 0.611. The van der Waals surface area contributed by atoms with Gasteiger partial charge in [-0.15, -0.1) is 11.3 Å². The maximum atomic E-state index is 11.9. The molecular weight excluding hydrogens is 362 g/mol. The predicted molar refractivity (Wildman–Crippen MR) is 112 cm³/mol. The molecule has 0 aliphatic carbocycles. The van der Waals surface area contributed by atoms with Crippen LogP contribution in [0.5, 0.6) is 0 Å². The molecule has 0 bridgehead atoms. The molecule has 1 aliphatic rings. The molecule has 2 heterocycles. The number of benzene rings is 1. The van der Waals surface area contributed by atoms with E-state index in [2.05, 4.69) is 39.8 Å². The molecule has 26 heavy (non-hydrogen) atoms. The molecule has 1 saturated heterocycles. The smallest absolute Gasteiger partial charge is 0.250 e. The van der Waals surface area contributed by atoms with E-state index in [4.69, 9.17) is 12.2 Å². The van der Waals surface area contributed by atoms with Gasteiger partial charge in [-0.25, -0.2) is 0 Å². The van der Waals surface area contributed by atoms with Crippen molar-refractivity contribution in [1.29, 1.82) is 0 Å². The van der Waals surface area contributed by atoms with E-state index >= 15 is 0 Å². The molecule has 0 spiro atoms. The molecule has 2 N–H and O–H groups in total. The number of carbonyl (C=O) groups excluding carboxylic acids is 1. The van der Waals surface area contributed by atoms with E-state index in [9.17, 15) is 4.79 Å². The summed E-state index contributed by atoms with van der Waals surface area (Å²) in [6.07, 6.45) is 5.36. The number of piperidine rings is 1. The molecule has 1 aromatic carbocycles. The minimum Gasteiger partial charge on any atom is -0.360 e. The second kappa shape index (κ2) is 9.62. The Balaban J connectivity index is 1.37. The average molecular weight is 386 g/mol. The molecule has 1 amide bonds. The lowest BCUT2D eigenvalue weighted by Crippen LogP contribution is -2.48. The lowest BCUT2D eigenvalue weighted by molar-refractivity contribution is -0.115. The van der Waals surface area contributed by atoms with Crippen LogP contribution in [0.1, 0.15) is 23.3 Å². The fourth-order valence-corrected chi connectivity index (χ4v) is 3.88. The highest BCUT2D eigenvalue weighted by molar-refractivity contribution is 7.80. The Kier molecular flexibility index (Phi) is 6.94. The average Bonchev–Trinajstić information content (AvgIpc) is 3.16. The molecule has 6 heteroatoms. The Bertz CT molecular complexity index is 736. The van der Waals surface area contributed by atoms with Gasteiger partial charge in [0.1, 0.15) is 0 Å². The molecule has 0 radical (unpaired) electrons. The van der Waals surface area contributed by atoms with Gasteiger partial charge in [0.15, 0.2) is 5.11 Å². The summed E-state index contributed by atoms with van der Waals surface area (Å²) in [4.78, 5) is 15.4. The predicted octanol–water partition coefficient (Wildman–Crippen LogP) is 3.42. The van der Waals surface area contributed by atoms with Crippen LogP contribution >= 0.6 is 23.6 Å². The number of nitrogens with zero attached hydrogens (tertiary/aromatic N) is 1. The Morgan fingerprint density at radius 1 is 1.19 bits per heavy atom. The molecule has 1 aliphatic heterocycles. The summed E-state index contributed by atoms with van der Waals surface area (Å²) in [6, 6.07) is 14.8. The number of thiophene rings is 1. The van der Waals surface area contributed by atoms with E-state index in [1.54, 1.807) is 17.4 Å². The Morgan fingerprint density at radius 2 is 1.96 bits per heavy atom. The number of amides is 1. The summed E-state index contributed by atoms with van der Waals surface area (Å²) in [5.74, 6) is -0.197. The fraction of sp³-hybridized carbons (Fsp3) is 0.300. The number of hydrogen-bond donors (Lipinski definition) is 2. The molecule has 1 fully saturated rings. The zero-order valence-corrected chi connectivity index (χ0v) is 16.2. The van der Waals surface area contributed by atoms with Crippen molar-refractivity contribution in [3.63, 3.8) is 0 Å². The summed E-state index contributed by atoms with van der Waals surface area (Å²) in [5, 5.41) is 8.38. The highest BCUT2D eigenvalue weighted by atomic mass is 32.1. The lowest BCUT2D eigenvalue weighted by Gasteiger charge is -2.32. The summed E-state index contributed by atoms with van der Waals surface area (Å²) in [5.41, 5.74) is 1.35. The Hall–Kier alpha value is -2.02. The van der Waals surface area contributed by atoms with Crippen molar-refractivity contribution in [2.45, 2.75) is 25.4 Å². The topological polar surface area (TPSA) is 44.4 Å². The summed E-state index contributed by atoms with van der Waals surface area (Å²) >= 11 is 6.86. The number of rotatable bonds is 5. The third-order valence-electron chi connectivity index (χ3n) is 4.35. The largest absolute Gasteiger partial charge is 0.360 e. The minimum atomic E-state index is -0.197. The summed E-state index contributed by atoms with van der Waals surface area (Å²) in [6.45, 7) is 3.05. The first-order valence-electron chi connectivity index (χ1n) is 8.78. The highest BCUT2D eigenvalue weighted by Gasteiger charge is 2.20. The number of thiocarbonyl (C=S) groups is 1. The number of likely N-dealkylation sites (tertiary alicyclic amines) is 1. The van der Waals surface area contributed by atoms with E-state index < -0.39 is 0 Å². The first-order valence-corrected chi connectivity index (χ1v) is 10.1. The van der Waals surface area contributed by atoms with Gasteiger partial charge in [-0.2, -0.15) is 0 Å². The van der Waals surface area contributed by atoms with Crippen LogP contribution in [0.2, 0.25) is 0 Å². The molecule has 1 aromatic heterocycles. The van der Waals surface area contributed by atoms with Gasteiger partial charge in [-0.3, -0.25) is 15.0 Å². The van der Waals surface area contributed by atoms with Crippen molar-refractivity contribution >= 4 is 40.7 Å². The number of hydrogen-bond acceptors (Lipinski definition) is 4. The van der Waals surface area contributed by atoms with Crippen LogP contribution in [0, 0.1) is 0 Å². The van der Waals surface area contributed by atoms with Gasteiger partial charge in [0.2, 0.25) is 5.91 Å². The minimum absolute atomic E-state index is 0.197. The van der Waals surface area contributed by atoms with Crippen LogP contribution in [-0.4, -0.2) is 35.1 Å². The van der Waals surface area contributed by atoms with Gasteiger partial charge in [0, 0.05) is 36.6 Å². The number of carbonyl (C=O) groups is 1. The maximum Gasteiger partial charge on any atom is 0.250 e. The van der Waals surface area contributed by atoms with Crippen molar-refractivity contribution < 1.29 is 4.79 Å². The van der Waals surface area contributed by atoms with Crippen molar-refractivity contribution in [3.05, 3.63) is 64.4 Å². The van der Waals surface area contributed by atoms with Gasteiger partial charge >= 0.3 is 0 Å². The monoisotopic (exact) mass is 385 g/mol. The Morgan fingerprint density at radius 3 is 2.65 bits per heavy atom. The number of nitrogens with one attached hydrogen (secondary N) is 2. The maximum absolute atomic E-state index is 11.9. The van der Waals surface area contributed by atoms with Crippen molar-refractivity contribution in [2.24, 2.45) is 0 Å². The summed E-state index contributed by atoms with van der Waals surface area (Å²) in [7, 11) is 0. The lowest BCUT2D eigenvalue weighted by atomic mass is 10.0.